The van der Waals surface area contributed by atoms with E-state index in [0.717, 1.165) is 31.9 Å². The predicted molar refractivity (Wildman–Crippen MR) is 88.3 cm³/mol. The minimum atomic E-state index is 0.359. The van der Waals surface area contributed by atoms with Crippen molar-refractivity contribution in [2.75, 3.05) is 26.7 Å². The van der Waals surface area contributed by atoms with Crippen LogP contribution in [0.25, 0.3) is 0 Å². The lowest BCUT2D eigenvalue weighted by Crippen LogP contribution is -2.45. The molecule has 1 aromatic carbocycles. The van der Waals surface area contributed by atoms with Gasteiger partial charge in [0.1, 0.15) is 5.75 Å². The first-order valence-electron chi connectivity index (χ1n) is 7.45. The first-order chi connectivity index (χ1) is 10.8. The van der Waals surface area contributed by atoms with E-state index >= 15 is 0 Å². The second-order valence-electron chi connectivity index (χ2n) is 5.44. The first-order valence-corrected chi connectivity index (χ1v) is 7.83. The molecule has 1 atom stereocenters. The number of benzene rings is 1. The van der Waals surface area contributed by atoms with Crippen LogP contribution in [-0.4, -0.2) is 36.6 Å². The Morgan fingerprint density at radius 2 is 2.14 bits per heavy atom. The Morgan fingerprint density at radius 3 is 2.86 bits per heavy atom. The number of rotatable bonds is 4. The molecule has 5 heteroatoms. The maximum absolute atomic E-state index is 6.24. The van der Waals surface area contributed by atoms with E-state index in [-0.39, 0.29) is 0 Å². The maximum atomic E-state index is 6.24. The number of hydrogen-bond donors (Lipinski definition) is 1. The van der Waals surface area contributed by atoms with Gasteiger partial charge in [-0.2, -0.15) is 0 Å². The summed E-state index contributed by atoms with van der Waals surface area (Å²) in [6, 6.07) is 10.5. The highest BCUT2D eigenvalue weighted by Gasteiger charge is 2.23. The van der Waals surface area contributed by atoms with Crippen LogP contribution in [0, 0.1) is 0 Å². The van der Waals surface area contributed by atoms with E-state index in [0.29, 0.717) is 11.1 Å². The van der Waals surface area contributed by atoms with Gasteiger partial charge in [0.05, 0.1) is 12.1 Å². The zero-order chi connectivity index (χ0) is 15.4. The normalized spacial score (nSPS) is 19.1. The third kappa shape index (κ3) is 3.40. The van der Waals surface area contributed by atoms with Crippen molar-refractivity contribution in [1.29, 1.82) is 0 Å². The molecule has 1 aromatic heterocycles. The number of halogens is 1. The molecule has 116 valence electrons. The third-order valence-electron chi connectivity index (χ3n) is 4.05. The Balaban J connectivity index is 1.78. The van der Waals surface area contributed by atoms with Crippen molar-refractivity contribution in [3.63, 3.8) is 0 Å². The number of nitrogens with zero attached hydrogens (tertiary/aromatic N) is 2. The van der Waals surface area contributed by atoms with E-state index < -0.39 is 0 Å². The van der Waals surface area contributed by atoms with Crippen LogP contribution in [-0.2, 0) is 6.54 Å². The molecule has 2 heterocycles. The fraction of sp³-hybridized carbons (Fsp3) is 0.353. The summed E-state index contributed by atoms with van der Waals surface area (Å²) in [6.07, 6.45) is 3.71. The molecule has 0 saturated carbocycles. The van der Waals surface area contributed by atoms with Crippen molar-refractivity contribution < 1.29 is 4.74 Å². The molecule has 0 radical (unpaired) electrons. The highest BCUT2D eigenvalue weighted by atomic mass is 35.5. The fourth-order valence-electron chi connectivity index (χ4n) is 2.89. The highest BCUT2D eigenvalue weighted by Crippen LogP contribution is 2.28. The summed E-state index contributed by atoms with van der Waals surface area (Å²) in [4.78, 5) is 6.59. The van der Waals surface area contributed by atoms with Gasteiger partial charge in [0, 0.05) is 44.6 Å². The summed E-state index contributed by atoms with van der Waals surface area (Å²) in [5.74, 6) is 0.719. The molecule has 0 amide bonds. The van der Waals surface area contributed by atoms with Crippen LogP contribution in [0.2, 0.25) is 5.02 Å². The second kappa shape index (κ2) is 7.09. The van der Waals surface area contributed by atoms with Gasteiger partial charge in [-0.3, -0.25) is 9.88 Å². The van der Waals surface area contributed by atoms with Gasteiger partial charge < -0.3 is 10.1 Å². The Labute approximate surface area is 136 Å². The standard InChI is InChI=1S/C17H20ClN3O/c1-22-17-3-2-13(10-15(17)18)12-21-9-8-20-11-16(21)14-4-6-19-7-5-14/h2-7,10,16,20H,8-9,11-12H2,1H3. The SMILES string of the molecule is COc1ccc(CN2CCNCC2c2ccncc2)cc1Cl. The topological polar surface area (TPSA) is 37.4 Å². The van der Waals surface area contributed by atoms with Crippen LogP contribution in [0.4, 0.5) is 0 Å². The zero-order valence-corrected chi connectivity index (χ0v) is 13.4. The van der Waals surface area contributed by atoms with Crippen molar-refractivity contribution in [2.24, 2.45) is 0 Å². The number of methoxy groups -OCH3 is 1. The van der Waals surface area contributed by atoms with Gasteiger partial charge in [-0.25, -0.2) is 0 Å². The molecule has 0 aliphatic carbocycles. The molecule has 1 unspecified atom stereocenters. The average Bonchev–Trinajstić information content (AvgIpc) is 2.56. The number of hydrogen-bond acceptors (Lipinski definition) is 4. The maximum Gasteiger partial charge on any atom is 0.137 e. The number of nitrogens with one attached hydrogen (secondary N) is 1. The molecule has 0 spiro atoms. The van der Waals surface area contributed by atoms with Crippen LogP contribution in [0.15, 0.2) is 42.7 Å². The Hall–Kier alpha value is -1.62. The highest BCUT2D eigenvalue weighted by molar-refractivity contribution is 6.32. The van der Waals surface area contributed by atoms with Crippen LogP contribution in [0.5, 0.6) is 5.75 Å². The lowest BCUT2D eigenvalue weighted by atomic mass is 10.0. The molecular weight excluding hydrogens is 298 g/mol. The Morgan fingerprint density at radius 1 is 1.32 bits per heavy atom. The van der Waals surface area contributed by atoms with Crippen LogP contribution < -0.4 is 10.1 Å². The van der Waals surface area contributed by atoms with Crippen LogP contribution >= 0.6 is 11.6 Å². The van der Waals surface area contributed by atoms with Crippen LogP contribution in [0.1, 0.15) is 17.2 Å². The number of ether oxygens (including phenoxy) is 1. The van der Waals surface area contributed by atoms with Gasteiger partial charge in [0.15, 0.2) is 0 Å². The summed E-state index contributed by atoms with van der Waals surface area (Å²) in [5.41, 5.74) is 2.49. The van der Waals surface area contributed by atoms with Crippen molar-refractivity contribution >= 4 is 11.6 Å². The molecule has 1 aliphatic rings. The zero-order valence-electron chi connectivity index (χ0n) is 12.6. The van der Waals surface area contributed by atoms with Gasteiger partial charge >= 0.3 is 0 Å². The number of aromatic nitrogens is 1. The third-order valence-corrected chi connectivity index (χ3v) is 4.34. The average molecular weight is 318 g/mol. The lowest BCUT2D eigenvalue weighted by Gasteiger charge is -2.36. The summed E-state index contributed by atoms with van der Waals surface area (Å²) in [7, 11) is 1.64. The van der Waals surface area contributed by atoms with E-state index in [1.165, 1.54) is 11.1 Å². The second-order valence-corrected chi connectivity index (χ2v) is 5.85. The van der Waals surface area contributed by atoms with Gasteiger partial charge in [0.2, 0.25) is 0 Å². The van der Waals surface area contributed by atoms with Gasteiger partial charge in [-0.15, -0.1) is 0 Å². The van der Waals surface area contributed by atoms with E-state index in [9.17, 15) is 0 Å². The molecule has 1 saturated heterocycles. The van der Waals surface area contributed by atoms with Gasteiger partial charge in [0.25, 0.3) is 0 Å². The molecule has 1 fully saturated rings. The molecule has 1 aliphatic heterocycles. The van der Waals surface area contributed by atoms with E-state index in [1.54, 1.807) is 7.11 Å². The Kier molecular flexibility index (Phi) is 4.93. The molecule has 4 nitrogen and oxygen atoms in total. The molecule has 1 N–H and O–H groups in total. The minimum Gasteiger partial charge on any atom is -0.495 e. The minimum absolute atomic E-state index is 0.359. The monoisotopic (exact) mass is 317 g/mol. The molecule has 0 bridgehead atoms. The van der Waals surface area contributed by atoms with Crippen LogP contribution in [0.3, 0.4) is 0 Å². The van der Waals surface area contributed by atoms with Crippen molar-refractivity contribution in [2.45, 2.75) is 12.6 Å². The molecule has 3 rings (SSSR count). The van der Waals surface area contributed by atoms with E-state index in [1.807, 2.05) is 24.5 Å². The summed E-state index contributed by atoms with van der Waals surface area (Å²) in [5, 5.41) is 4.13. The van der Waals surface area contributed by atoms with Gasteiger partial charge in [-0.1, -0.05) is 17.7 Å². The summed E-state index contributed by atoms with van der Waals surface area (Å²) >= 11 is 6.24. The molecule has 22 heavy (non-hydrogen) atoms. The fourth-order valence-corrected chi connectivity index (χ4v) is 3.17. The first kappa shape index (κ1) is 15.3. The van der Waals surface area contributed by atoms with E-state index in [2.05, 4.69) is 33.4 Å². The van der Waals surface area contributed by atoms with Gasteiger partial charge in [-0.05, 0) is 35.4 Å². The number of piperazine rings is 1. The quantitative estimate of drug-likeness (QED) is 0.941. The smallest absolute Gasteiger partial charge is 0.137 e. The van der Waals surface area contributed by atoms with Crippen molar-refractivity contribution in [3.8, 4) is 5.75 Å². The molecule has 2 aromatic rings. The summed E-state index contributed by atoms with van der Waals surface area (Å²) in [6.45, 7) is 3.84. The lowest BCUT2D eigenvalue weighted by molar-refractivity contribution is 0.153. The van der Waals surface area contributed by atoms with E-state index in [4.69, 9.17) is 16.3 Å². The summed E-state index contributed by atoms with van der Waals surface area (Å²) < 4.78 is 5.22. The largest absolute Gasteiger partial charge is 0.495 e. The predicted octanol–water partition coefficient (Wildman–Crippen LogP) is 2.89. The number of pyridine rings is 1. The van der Waals surface area contributed by atoms with Crippen molar-refractivity contribution in [3.05, 3.63) is 58.9 Å². The Bertz CT molecular complexity index is 621. The molecular formula is C17H20ClN3O. The van der Waals surface area contributed by atoms with Crippen molar-refractivity contribution in [1.82, 2.24) is 15.2 Å².